The molecule has 0 fully saturated rings. The molecule has 1 unspecified atom stereocenters. The van der Waals surface area contributed by atoms with Crippen LogP contribution in [0, 0.1) is 5.92 Å². The van der Waals surface area contributed by atoms with Crippen molar-refractivity contribution >= 4 is 5.78 Å². The van der Waals surface area contributed by atoms with Crippen molar-refractivity contribution in [1.29, 1.82) is 0 Å². The van der Waals surface area contributed by atoms with Crippen LogP contribution in [0.15, 0.2) is 18.2 Å². The summed E-state index contributed by atoms with van der Waals surface area (Å²) in [6.45, 7) is 4.19. The van der Waals surface area contributed by atoms with Crippen LogP contribution in [0.2, 0.25) is 0 Å². The molecule has 0 saturated carbocycles. The van der Waals surface area contributed by atoms with Gasteiger partial charge in [0.2, 0.25) is 6.79 Å². The van der Waals surface area contributed by atoms with E-state index in [0.717, 1.165) is 12.2 Å². The number of ether oxygens (including phenoxy) is 2. The molecular weight excluding hydrogens is 192 g/mol. The lowest BCUT2D eigenvalue weighted by atomic mass is 9.97. The Morgan fingerprint density at radius 1 is 1.40 bits per heavy atom. The van der Waals surface area contributed by atoms with Crippen LogP contribution in [0.4, 0.5) is 0 Å². The van der Waals surface area contributed by atoms with E-state index in [0.29, 0.717) is 11.3 Å². The maximum atomic E-state index is 11.9. The average molecular weight is 206 g/mol. The van der Waals surface area contributed by atoms with Crippen LogP contribution in [-0.2, 0) is 0 Å². The van der Waals surface area contributed by atoms with Crippen molar-refractivity contribution < 1.29 is 14.3 Å². The zero-order chi connectivity index (χ0) is 10.8. The van der Waals surface area contributed by atoms with Crippen LogP contribution in [0.5, 0.6) is 11.5 Å². The van der Waals surface area contributed by atoms with Gasteiger partial charge in [0.1, 0.15) is 0 Å². The lowest BCUT2D eigenvalue weighted by Gasteiger charge is -2.07. The first-order chi connectivity index (χ1) is 7.22. The SMILES string of the molecule is CCC(C)C(=O)c1ccc2c(c1)OCO2. The van der Waals surface area contributed by atoms with Gasteiger partial charge in [-0.15, -0.1) is 0 Å². The highest BCUT2D eigenvalue weighted by Crippen LogP contribution is 2.33. The zero-order valence-electron chi connectivity index (χ0n) is 8.95. The Morgan fingerprint density at radius 3 is 2.87 bits per heavy atom. The van der Waals surface area contributed by atoms with Gasteiger partial charge in [-0.1, -0.05) is 13.8 Å². The van der Waals surface area contributed by atoms with Crippen molar-refractivity contribution in [3.05, 3.63) is 23.8 Å². The molecule has 1 atom stereocenters. The molecule has 0 radical (unpaired) electrons. The Labute approximate surface area is 89.0 Å². The summed E-state index contributed by atoms with van der Waals surface area (Å²) in [5.41, 5.74) is 0.702. The minimum atomic E-state index is 0.0605. The quantitative estimate of drug-likeness (QED) is 0.713. The number of Topliss-reactive ketones (excluding diaryl/α,β-unsaturated/α-hetero) is 1. The molecule has 1 aromatic rings. The van der Waals surface area contributed by atoms with Crippen molar-refractivity contribution in [2.24, 2.45) is 5.92 Å². The Morgan fingerprint density at radius 2 is 2.13 bits per heavy atom. The van der Waals surface area contributed by atoms with Crippen molar-refractivity contribution in [1.82, 2.24) is 0 Å². The highest BCUT2D eigenvalue weighted by molar-refractivity contribution is 5.98. The number of hydrogen-bond acceptors (Lipinski definition) is 3. The fourth-order valence-electron chi connectivity index (χ4n) is 1.52. The first kappa shape index (κ1) is 10.0. The predicted octanol–water partition coefficient (Wildman–Crippen LogP) is 2.64. The largest absolute Gasteiger partial charge is 0.454 e. The maximum absolute atomic E-state index is 11.9. The zero-order valence-corrected chi connectivity index (χ0v) is 8.95. The number of benzene rings is 1. The topological polar surface area (TPSA) is 35.5 Å². The van der Waals surface area contributed by atoms with Crippen molar-refractivity contribution in [3.63, 3.8) is 0 Å². The molecule has 0 N–H and O–H groups in total. The van der Waals surface area contributed by atoms with E-state index in [1.54, 1.807) is 18.2 Å². The molecule has 0 saturated heterocycles. The number of hydrogen-bond donors (Lipinski definition) is 0. The third-order valence-electron chi connectivity index (χ3n) is 2.72. The van der Waals surface area contributed by atoms with Crippen molar-refractivity contribution in [2.75, 3.05) is 6.79 Å². The van der Waals surface area contributed by atoms with Crippen LogP contribution < -0.4 is 9.47 Å². The van der Waals surface area contributed by atoms with Gasteiger partial charge < -0.3 is 9.47 Å². The summed E-state index contributed by atoms with van der Waals surface area (Å²) in [6, 6.07) is 5.34. The van der Waals surface area contributed by atoms with Gasteiger partial charge in [-0.2, -0.15) is 0 Å². The normalized spacial score (nSPS) is 15.1. The second-order valence-electron chi connectivity index (χ2n) is 3.74. The monoisotopic (exact) mass is 206 g/mol. The third-order valence-corrected chi connectivity index (χ3v) is 2.72. The molecule has 1 heterocycles. The van der Waals surface area contributed by atoms with Gasteiger partial charge in [-0.3, -0.25) is 4.79 Å². The smallest absolute Gasteiger partial charge is 0.231 e. The van der Waals surface area contributed by atoms with Crippen LogP contribution in [0.3, 0.4) is 0 Å². The molecule has 2 rings (SSSR count). The standard InChI is InChI=1S/C12H14O3/c1-3-8(2)12(13)9-4-5-10-11(6-9)15-7-14-10/h4-6,8H,3,7H2,1-2H3. The van der Waals surface area contributed by atoms with Crippen LogP contribution >= 0.6 is 0 Å². The summed E-state index contributed by atoms with van der Waals surface area (Å²) in [7, 11) is 0. The van der Waals surface area contributed by atoms with E-state index in [-0.39, 0.29) is 18.5 Å². The van der Waals surface area contributed by atoms with E-state index in [4.69, 9.17) is 9.47 Å². The predicted molar refractivity (Wildman–Crippen MR) is 56.4 cm³/mol. The number of carbonyl (C=O) groups excluding carboxylic acids is 1. The van der Waals surface area contributed by atoms with E-state index < -0.39 is 0 Å². The summed E-state index contributed by atoms with van der Waals surface area (Å²) in [4.78, 5) is 11.9. The molecule has 0 bridgehead atoms. The fourth-order valence-corrected chi connectivity index (χ4v) is 1.52. The van der Waals surface area contributed by atoms with Crippen molar-refractivity contribution in [3.8, 4) is 11.5 Å². The van der Waals surface area contributed by atoms with Crippen LogP contribution in [-0.4, -0.2) is 12.6 Å². The molecular formula is C12H14O3. The van der Waals surface area contributed by atoms with Gasteiger partial charge in [0.25, 0.3) is 0 Å². The van der Waals surface area contributed by atoms with Gasteiger partial charge in [-0.25, -0.2) is 0 Å². The van der Waals surface area contributed by atoms with E-state index in [1.165, 1.54) is 0 Å². The first-order valence-corrected chi connectivity index (χ1v) is 5.16. The molecule has 80 valence electrons. The maximum Gasteiger partial charge on any atom is 0.231 e. The molecule has 0 aliphatic carbocycles. The van der Waals surface area contributed by atoms with Crippen LogP contribution in [0.1, 0.15) is 30.6 Å². The van der Waals surface area contributed by atoms with E-state index in [9.17, 15) is 4.79 Å². The number of ketones is 1. The Bertz CT molecular complexity index is 384. The van der Waals surface area contributed by atoms with Crippen molar-refractivity contribution in [2.45, 2.75) is 20.3 Å². The van der Waals surface area contributed by atoms with Crippen LogP contribution in [0.25, 0.3) is 0 Å². The second kappa shape index (κ2) is 3.93. The molecule has 1 aliphatic heterocycles. The summed E-state index contributed by atoms with van der Waals surface area (Å²) in [5, 5.41) is 0. The molecule has 1 aromatic carbocycles. The highest BCUT2D eigenvalue weighted by atomic mass is 16.7. The fraction of sp³-hybridized carbons (Fsp3) is 0.417. The minimum absolute atomic E-state index is 0.0605. The van der Waals surface area contributed by atoms with E-state index in [2.05, 4.69) is 0 Å². The summed E-state index contributed by atoms with van der Waals surface area (Å²) >= 11 is 0. The lowest BCUT2D eigenvalue weighted by Crippen LogP contribution is -2.09. The molecule has 3 heteroatoms. The van der Waals surface area contributed by atoms with Gasteiger partial charge >= 0.3 is 0 Å². The molecule has 0 amide bonds. The second-order valence-corrected chi connectivity index (χ2v) is 3.74. The Kier molecular flexibility index (Phi) is 2.62. The summed E-state index contributed by atoms with van der Waals surface area (Å²) < 4.78 is 10.4. The minimum Gasteiger partial charge on any atom is -0.454 e. The first-order valence-electron chi connectivity index (χ1n) is 5.16. The number of carbonyl (C=O) groups is 1. The highest BCUT2D eigenvalue weighted by Gasteiger charge is 2.18. The molecule has 0 aromatic heterocycles. The molecule has 0 spiro atoms. The third kappa shape index (κ3) is 1.82. The average Bonchev–Trinajstić information content (AvgIpc) is 2.73. The molecule has 15 heavy (non-hydrogen) atoms. The Hall–Kier alpha value is -1.51. The lowest BCUT2D eigenvalue weighted by molar-refractivity contribution is 0.0927. The Balaban J connectivity index is 2.26. The summed E-state index contributed by atoms with van der Waals surface area (Å²) in [6.07, 6.45) is 0.854. The van der Waals surface area contributed by atoms with Gasteiger partial charge in [-0.05, 0) is 24.6 Å². The van der Waals surface area contributed by atoms with Gasteiger partial charge in [0, 0.05) is 11.5 Å². The number of fused-ring (bicyclic) bond motifs is 1. The number of rotatable bonds is 3. The van der Waals surface area contributed by atoms with Gasteiger partial charge in [0.05, 0.1) is 0 Å². The summed E-state index contributed by atoms with van der Waals surface area (Å²) in [5.74, 6) is 1.61. The molecule has 3 nitrogen and oxygen atoms in total. The van der Waals surface area contributed by atoms with E-state index >= 15 is 0 Å². The van der Waals surface area contributed by atoms with Gasteiger partial charge in [0.15, 0.2) is 17.3 Å². The van der Waals surface area contributed by atoms with E-state index in [1.807, 2.05) is 13.8 Å². The molecule has 1 aliphatic rings.